The Morgan fingerprint density at radius 3 is 2.77 bits per heavy atom. The van der Waals surface area contributed by atoms with Gasteiger partial charge in [0.25, 0.3) is 5.91 Å². The van der Waals surface area contributed by atoms with Gasteiger partial charge in [0, 0.05) is 29.3 Å². The summed E-state index contributed by atoms with van der Waals surface area (Å²) < 4.78 is 7.46. The van der Waals surface area contributed by atoms with Gasteiger partial charge in [-0.1, -0.05) is 18.2 Å². The molecule has 0 atom stereocenters. The zero-order valence-electron chi connectivity index (χ0n) is 16.7. The molecule has 0 saturated heterocycles. The predicted molar refractivity (Wildman–Crippen MR) is 120 cm³/mol. The zero-order valence-corrected chi connectivity index (χ0v) is 16.7. The maximum Gasteiger partial charge on any atom is 0.255 e. The molecule has 0 aliphatic rings. The number of aromatic amines is 1. The number of ether oxygens (including phenoxy) is 1. The first-order valence-corrected chi connectivity index (χ1v) is 9.74. The second-order valence-corrected chi connectivity index (χ2v) is 6.96. The van der Waals surface area contributed by atoms with Crippen LogP contribution in [-0.2, 0) is 0 Å². The molecule has 5 aromatic rings. The van der Waals surface area contributed by atoms with E-state index in [0.29, 0.717) is 22.8 Å². The van der Waals surface area contributed by atoms with Crippen LogP contribution in [0.15, 0.2) is 85.5 Å². The number of amides is 1. The van der Waals surface area contributed by atoms with Gasteiger partial charge in [-0.25, -0.2) is 9.97 Å². The molecule has 2 aromatic heterocycles. The molecule has 7 heteroatoms. The maximum absolute atomic E-state index is 12.9. The van der Waals surface area contributed by atoms with Crippen molar-refractivity contribution in [2.75, 3.05) is 12.4 Å². The van der Waals surface area contributed by atoms with Gasteiger partial charge in [0.05, 0.1) is 23.7 Å². The first kappa shape index (κ1) is 18.6. The largest absolute Gasteiger partial charge is 0.496 e. The van der Waals surface area contributed by atoms with Crippen molar-refractivity contribution < 1.29 is 9.53 Å². The van der Waals surface area contributed by atoms with Gasteiger partial charge in [-0.15, -0.1) is 0 Å². The molecule has 2 heterocycles. The number of benzene rings is 3. The number of hydrogen-bond donors (Lipinski definition) is 2. The summed E-state index contributed by atoms with van der Waals surface area (Å²) in [6, 6.07) is 20.9. The number of nitrogens with zero attached hydrogens (tertiary/aromatic N) is 3. The number of hydrogen-bond acceptors (Lipinski definition) is 4. The van der Waals surface area contributed by atoms with Gasteiger partial charge in [0.15, 0.2) is 0 Å². The van der Waals surface area contributed by atoms with Gasteiger partial charge in [-0.05, 0) is 48.5 Å². The summed E-state index contributed by atoms with van der Waals surface area (Å²) in [5.74, 6) is 1.03. The van der Waals surface area contributed by atoms with Crippen molar-refractivity contribution in [2.24, 2.45) is 0 Å². The van der Waals surface area contributed by atoms with Crippen LogP contribution in [0.3, 0.4) is 0 Å². The average molecular weight is 409 g/mol. The summed E-state index contributed by atoms with van der Waals surface area (Å²) >= 11 is 0. The van der Waals surface area contributed by atoms with Gasteiger partial charge >= 0.3 is 0 Å². The first-order valence-electron chi connectivity index (χ1n) is 9.74. The van der Waals surface area contributed by atoms with Crippen LogP contribution in [0.1, 0.15) is 10.4 Å². The fraction of sp³-hybridized carbons (Fsp3) is 0.0417. The number of carbonyl (C=O) groups excluding carboxylic acids is 1. The Hall–Kier alpha value is -4.39. The minimum Gasteiger partial charge on any atom is -0.496 e. The van der Waals surface area contributed by atoms with Gasteiger partial charge in [-0.3, -0.25) is 9.36 Å². The number of methoxy groups -OCH3 is 1. The first-order chi connectivity index (χ1) is 15.2. The minimum absolute atomic E-state index is 0.225. The van der Waals surface area contributed by atoms with E-state index in [-0.39, 0.29) is 5.91 Å². The van der Waals surface area contributed by atoms with Crippen LogP contribution in [0.4, 0.5) is 5.69 Å². The van der Waals surface area contributed by atoms with Gasteiger partial charge in [0.1, 0.15) is 17.9 Å². The van der Waals surface area contributed by atoms with E-state index in [2.05, 4.69) is 20.3 Å². The van der Waals surface area contributed by atoms with Crippen molar-refractivity contribution in [1.29, 1.82) is 0 Å². The lowest BCUT2D eigenvalue weighted by Gasteiger charge is -2.11. The average Bonchev–Trinajstić information content (AvgIpc) is 3.49. The Kier molecular flexibility index (Phi) is 4.68. The van der Waals surface area contributed by atoms with E-state index in [1.165, 1.54) is 0 Å². The van der Waals surface area contributed by atoms with Crippen molar-refractivity contribution in [1.82, 2.24) is 19.5 Å². The lowest BCUT2D eigenvalue weighted by Crippen LogP contribution is -2.12. The highest BCUT2D eigenvalue weighted by Gasteiger charge is 2.14. The van der Waals surface area contributed by atoms with Crippen LogP contribution in [0.5, 0.6) is 5.75 Å². The van der Waals surface area contributed by atoms with Crippen LogP contribution < -0.4 is 10.1 Å². The molecular formula is C24H19N5O2. The Labute approximate surface area is 178 Å². The predicted octanol–water partition coefficient (Wildman–Crippen LogP) is 4.68. The third-order valence-electron chi connectivity index (χ3n) is 5.05. The molecule has 152 valence electrons. The third kappa shape index (κ3) is 3.53. The molecule has 0 bridgehead atoms. The van der Waals surface area contributed by atoms with E-state index in [1.807, 2.05) is 59.2 Å². The monoisotopic (exact) mass is 409 g/mol. The molecule has 7 nitrogen and oxygen atoms in total. The number of anilines is 1. The van der Waals surface area contributed by atoms with Crippen molar-refractivity contribution in [3.8, 4) is 22.8 Å². The van der Waals surface area contributed by atoms with Crippen LogP contribution in [-0.4, -0.2) is 32.5 Å². The number of para-hydroxylation sites is 2. The molecule has 31 heavy (non-hydrogen) atoms. The molecule has 5 rings (SSSR count). The highest BCUT2D eigenvalue weighted by atomic mass is 16.5. The van der Waals surface area contributed by atoms with E-state index < -0.39 is 0 Å². The summed E-state index contributed by atoms with van der Waals surface area (Å²) in [5, 5.41) is 2.96. The Morgan fingerprint density at radius 2 is 1.94 bits per heavy atom. The van der Waals surface area contributed by atoms with Crippen LogP contribution >= 0.6 is 0 Å². The third-order valence-corrected chi connectivity index (χ3v) is 5.05. The molecule has 1 amide bonds. The van der Waals surface area contributed by atoms with E-state index in [4.69, 9.17) is 4.74 Å². The highest BCUT2D eigenvalue weighted by Crippen LogP contribution is 2.29. The van der Waals surface area contributed by atoms with Crippen molar-refractivity contribution in [2.45, 2.75) is 0 Å². The van der Waals surface area contributed by atoms with Crippen LogP contribution in [0.2, 0.25) is 0 Å². The number of aromatic nitrogens is 4. The van der Waals surface area contributed by atoms with Crippen molar-refractivity contribution >= 4 is 22.6 Å². The lowest BCUT2D eigenvalue weighted by atomic mass is 10.1. The molecule has 0 unspecified atom stereocenters. The molecule has 3 aromatic carbocycles. The Morgan fingerprint density at radius 1 is 1.03 bits per heavy atom. The number of imidazole rings is 2. The summed E-state index contributed by atoms with van der Waals surface area (Å²) in [4.78, 5) is 24.6. The quantitative estimate of drug-likeness (QED) is 0.442. The minimum atomic E-state index is -0.225. The number of rotatable bonds is 5. The lowest BCUT2D eigenvalue weighted by molar-refractivity contribution is 0.102. The summed E-state index contributed by atoms with van der Waals surface area (Å²) in [7, 11) is 1.57. The topological polar surface area (TPSA) is 84.8 Å². The normalized spacial score (nSPS) is 10.9. The summed E-state index contributed by atoms with van der Waals surface area (Å²) in [6.07, 6.45) is 5.20. The Balaban J connectivity index is 1.42. The van der Waals surface area contributed by atoms with Crippen LogP contribution in [0, 0.1) is 0 Å². The summed E-state index contributed by atoms with van der Waals surface area (Å²) in [5.41, 5.74) is 4.81. The number of carbonyl (C=O) groups is 1. The molecule has 0 fully saturated rings. The SMILES string of the molecule is COc1cc(C(=O)Nc2cccc(-n3cnc4ccccc43)c2)ccc1-c1ncc[nH]1. The highest BCUT2D eigenvalue weighted by molar-refractivity contribution is 6.05. The van der Waals surface area contributed by atoms with E-state index in [1.54, 1.807) is 38.0 Å². The zero-order chi connectivity index (χ0) is 21.2. The molecule has 0 aliphatic heterocycles. The number of fused-ring (bicyclic) bond motifs is 1. The molecular weight excluding hydrogens is 390 g/mol. The molecule has 0 aliphatic carbocycles. The second kappa shape index (κ2) is 7.79. The fourth-order valence-electron chi connectivity index (χ4n) is 3.54. The fourth-order valence-corrected chi connectivity index (χ4v) is 3.54. The standard InChI is InChI=1S/C24H19N5O2/c1-31-22-13-16(9-10-19(22)23-25-11-12-26-23)24(30)28-17-5-4-6-18(14-17)29-15-27-20-7-2-3-8-21(20)29/h2-15H,1H3,(H,25,26)(H,28,30). The van der Waals surface area contributed by atoms with Gasteiger partial charge < -0.3 is 15.0 Å². The number of H-pyrrole nitrogens is 1. The van der Waals surface area contributed by atoms with Gasteiger partial charge in [-0.2, -0.15) is 0 Å². The van der Waals surface area contributed by atoms with Crippen LogP contribution in [0.25, 0.3) is 28.1 Å². The Bertz CT molecular complexity index is 1370. The second-order valence-electron chi connectivity index (χ2n) is 6.96. The number of nitrogens with one attached hydrogen (secondary N) is 2. The smallest absolute Gasteiger partial charge is 0.255 e. The maximum atomic E-state index is 12.9. The van der Waals surface area contributed by atoms with E-state index in [0.717, 1.165) is 22.3 Å². The van der Waals surface area contributed by atoms with E-state index in [9.17, 15) is 4.79 Å². The molecule has 0 saturated carbocycles. The van der Waals surface area contributed by atoms with Gasteiger partial charge in [0.2, 0.25) is 0 Å². The molecule has 0 spiro atoms. The molecule has 2 N–H and O–H groups in total. The van der Waals surface area contributed by atoms with Crippen molar-refractivity contribution in [3.05, 3.63) is 91.0 Å². The van der Waals surface area contributed by atoms with Crippen molar-refractivity contribution in [3.63, 3.8) is 0 Å². The summed E-state index contributed by atoms with van der Waals surface area (Å²) in [6.45, 7) is 0. The molecule has 0 radical (unpaired) electrons. The van der Waals surface area contributed by atoms with E-state index >= 15 is 0 Å².